The largest absolute Gasteiger partial charge is 0.462 e. The quantitative estimate of drug-likeness (QED) is 0.472. The third-order valence-corrected chi connectivity index (χ3v) is 2.17. The second-order valence-electron chi connectivity index (χ2n) is 3.29. The number of piperidine rings is 1. The van der Waals surface area contributed by atoms with E-state index in [1.165, 1.54) is 7.05 Å². The lowest BCUT2D eigenvalue weighted by Crippen LogP contribution is -2.34. The summed E-state index contributed by atoms with van der Waals surface area (Å²) in [5, 5.41) is 5.55. The molecule has 0 aliphatic carbocycles. The molecule has 0 spiro atoms. The summed E-state index contributed by atoms with van der Waals surface area (Å²) in [5.74, 6) is -0.736. The SMILES string of the molecule is CNC(=O)CC(=O)OC1CCNCC1. The van der Waals surface area contributed by atoms with Crippen molar-refractivity contribution in [2.24, 2.45) is 0 Å². The Balaban J connectivity index is 2.21. The number of rotatable bonds is 3. The van der Waals surface area contributed by atoms with Crippen LogP contribution in [0.4, 0.5) is 0 Å². The Morgan fingerprint density at radius 2 is 2.07 bits per heavy atom. The van der Waals surface area contributed by atoms with Gasteiger partial charge in [0.15, 0.2) is 0 Å². The van der Waals surface area contributed by atoms with Crippen LogP contribution < -0.4 is 10.6 Å². The van der Waals surface area contributed by atoms with Crippen molar-refractivity contribution in [3.63, 3.8) is 0 Å². The third-order valence-electron chi connectivity index (χ3n) is 2.17. The molecular weight excluding hydrogens is 184 g/mol. The summed E-state index contributed by atoms with van der Waals surface area (Å²) in [6.07, 6.45) is 1.47. The van der Waals surface area contributed by atoms with E-state index in [0.717, 1.165) is 25.9 Å². The minimum absolute atomic E-state index is 0.0200. The van der Waals surface area contributed by atoms with Gasteiger partial charge in [-0.3, -0.25) is 9.59 Å². The highest BCUT2D eigenvalue weighted by atomic mass is 16.5. The molecule has 80 valence electrons. The standard InChI is InChI=1S/C9H16N2O3/c1-10-8(12)6-9(13)14-7-2-4-11-5-3-7/h7,11H,2-6H2,1H3,(H,10,12). The first kappa shape index (κ1) is 11.0. The number of nitrogens with one attached hydrogen (secondary N) is 2. The number of carbonyl (C=O) groups excluding carboxylic acids is 2. The molecule has 0 atom stereocenters. The van der Waals surface area contributed by atoms with E-state index in [0.29, 0.717) is 0 Å². The minimum atomic E-state index is -0.434. The lowest BCUT2D eigenvalue weighted by Gasteiger charge is -2.22. The molecule has 1 aliphatic rings. The smallest absolute Gasteiger partial charge is 0.315 e. The van der Waals surface area contributed by atoms with Crippen LogP contribution in [0.1, 0.15) is 19.3 Å². The molecule has 2 N–H and O–H groups in total. The average Bonchev–Trinajstić information content (AvgIpc) is 2.19. The second kappa shape index (κ2) is 5.59. The van der Waals surface area contributed by atoms with Crippen molar-refractivity contribution in [2.45, 2.75) is 25.4 Å². The van der Waals surface area contributed by atoms with Gasteiger partial charge in [-0.25, -0.2) is 0 Å². The first-order chi connectivity index (χ1) is 6.72. The Hall–Kier alpha value is -1.10. The number of amides is 1. The molecule has 14 heavy (non-hydrogen) atoms. The Bertz CT molecular complexity index is 212. The molecule has 1 amide bonds. The van der Waals surface area contributed by atoms with Gasteiger partial charge in [-0.1, -0.05) is 0 Å². The van der Waals surface area contributed by atoms with Crippen LogP contribution in [0.5, 0.6) is 0 Å². The molecule has 0 saturated carbocycles. The van der Waals surface area contributed by atoms with Crippen LogP contribution >= 0.6 is 0 Å². The zero-order chi connectivity index (χ0) is 10.4. The molecule has 1 aliphatic heterocycles. The molecule has 1 fully saturated rings. The molecule has 0 radical (unpaired) electrons. The van der Waals surface area contributed by atoms with Gasteiger partial charge in [0.05, 0.1) is 0 Å². The van der Waals surface area contributed by atoms with Gasteiger partial charge in [0.1, 0.15) is 12.5 Å². The van der Waals surface area contributed by atoms with Gasteiger partial charge in [-0.05, 0) is 25.9 Å². The first-order valence-corrected chi connectivity index (χ1v) is 4.83. The zero-order valence-corrected chi connectivity index (χ0v) is 8.34. The lowest BCUT2D eigenvalue weighted by atomic mass is 10.1. The fourth-order valence-corrected chi connectivity index (χ4v) is 1.36. The van der Waals surface area contributed by atoms with Crippen molar-refractivity contribution in [3.8, 4) is 0 Å². The number of hydrogen-bond acceptors (Lipinski definition) is 4. The molecule has 1 rings (SSSR count). The maximum absolute atomic E-state index is 11.2. The molecule has 0 aromatic rings. The Kier molecular flexibility index (Phi) is 4.39. The fourth-order valence-electron chi connectivity index (χ4n) is 1.36. The molecule has 1 saturated heterocycles. The monoisotopic (exact) mass is 200 g/mol. The molecule has 5 nitrogen and oxygen atoms in total. The van der Waals surface area contributed by atoms with E-state index >= 15 is 0 Å². The Morgan fingerprint density at radius 3 is 2.64 bits per heavy atom. The summed E-state index contributed by atoms with van der Waals surface area (Å²) in [7, 11) is 1.50. The van der Waals surface area contributed by atoms with Crippen molar-refractivity contribution in [1.82, 2.24) is 10.6 Å². The van der Waals surface area contributed by atoms with Crippen LogP contribution in [-0.2, 0) is 14.3 Å². The average molecular weight is 200 g/mol. The summed E-state index contributed by atoms with van der Waals surface area (Å²) in [6, 6.07) is 0. The van der Waals surface area contributed by atoms with E-state index in [4.69, 9.17) is 4.74 Å². The zero-order valence-electron chi connectivity index (χ0n) is 8.34. The fraction of sp³-hybridized carbons (Fsp3) is 0.778. The maximum Gasteiger partial charge on any atom is 0.315 e. The number of ether oxygens (including phenoxy) is 1. The third kappa shape index (κ3) is 3.74. The molecule has 0 aromatic heterocycles. The summed E-state index contributed by atoms with van der Waals surface area (Å²) in [6.45, 7) is 1.75. The minimum Gasteiger partial charge on any atom is -0.462 e. The predicted octanol–water partition coefficient (Wildman–Crippen LogP) is -0.582. The maximum atomic E-state index is 11.2. The van der Waals surface area contributed by atoms with Crippen LogP contribution in [0, 0.1) is 0 Å². The van der Waals surface area contributed by atoms with E-state index in [9.17, 15) is 9.59 Å². The van der Waals surface area contributed by atoms with E-state index in [1.54, 1.807) is 0 Å². The molecule has 0 aromatic carbocycles. The topological polar surface area (TPSA) is 67.4 Å². The summed E-state index contributed by atoms with van der Waals surface area (Å²) >= 11 is 0. The van der Waals surface area contributed by atoms with Crippen LogP contribution in [0.3, 0.4) is 0 Å². The van der Waals surface area contributed by atoms with Crippen LogP contribution in [0.25, 0.3) is 0 Å². The molecule has 0 bridgehead atoms. The van der Waals surface area contributed by atoms with Gasteiger partial charge in [0, 0.05) is 7.05 Å². The Morgan fingerprint density at radius 1 is 1.43 bits per heavy atom. The van der Waals surface area contributed by atoms with Gasteiger partial charge in [-0.15, -0.1) is 0 Å². The van der Waals surface area contributed by atoms with Crippen molar-refractivity contribution < 1.29 is 14.3 Å². The van der Waals surface area contributed by atoms with E-state index in [1.807, 2.05) is 0 Å². The number of hydrogen-bond donors (Lipinski definition) is 2. The van der Waals surface area contributed by atoms with Crippen molar-refractivity contribution in [3.05, 3.63) is 0 Å². The van der Waals surface area contributed by atoms with Gasteiger partial charge < -0.3 is 15.4 Å². The Labute approximate surface area is 83.2 Å². The molecule has 5 heteroatoms. The van der Waals surface area contributed by atoms with Crippen molar-refractivity contribution in [2.75, 3.05) is 20.1 Å². The van der Waals surface area contributed by atoms with E-state index < -0.39 is 5.97 Å². The van der Waals surface area contributed by atoms with E-state index in [-0.39, 0.29) is 18.4 Å². The van der Waals surface area contributed by atoms with Gasteiger partial charge in [-0.2, -0.15) is 0 Å². The first-order valence-electron chi connectivity index (χ1n) is 4.83. The highest BCUT2D eigenvalue weighted by Crippen LogP contribution is 2.07. The van der Waals surface area contributed by atoms with Crippen molar-refractivity contribution in [1.29, 1.82) is 0 Å². The number of esters is 1. The van der Waals surface area contributed by atoms with Crippen molar-refractivity contribution >= 4 is 11.9 Å². The van der Waals surface area contributed by atoms with Gasteiger partial charge >= 0.3 is 5.97 Å². The van der Waals surface area contributed by atoms with Crippen LogP contribution in [0.2, 0.25) is 0 Å². The molecule has 1 heterocycles. The summed E-state index contributed by atoms with van der Waals surface area (Å²) in [5.41, 5.74) is 0. The normalized spacial score (nSPS) is 17.5. The highest BCUT2D eigenvalue weighted by Gasteiger charge is 2.18. The highest BCUT2D eigenvalue weighted by molar-refractivity contribution is 5.94. The summed E-state index contributed by atoms with van der Waals surface area (Å²) in [4.78, 5) is 22.0. The summed E-state index contributed by atoms with van der Waals surface area (Å²) < 4.78 is 5.12. The molecular formula is C9H16N2O3. The van der Waals surface area contributed by atoms with Crippen LogP contribution in [-0.4, -0.2) is 38.1 Å². The van der Waals surface area contributed by atoms with Gasteiger partial charge in [0.25, 0.3) is 0 Å². The number of carbonyl (C=O) groups is 2. The van der Waals surface area contributed by atoms with Crippen LogP contribution in [0.15, 0.2) is 0 Å². The lowest BCUT2D eigenvalue weighted by molar-refractivity contribution is -0.152. The van der Waals surface area contributed by atoms with Gasteiger partial charge in [0.2, 0.25) is 5.91 Å². The second-order valence-corrected chi connectivity index (χ2v) is 3.29. The molecule has 0 unspecified atom stereocenters. The predicted molar refractivity (Wildman–Crippen MR) is 50.7 cm³/mol. The van der Waals surface area contributed by atoms with E-state index in [2.05, 4.69) is 10.6 Å².